The lowest BCUT2D eigenvalue weighted by Gasteiger charge is -2.33. The summed E-state index contributed by atoms with van der Waals surface area (Å²) in [6.45, 7) is 0.635. The number of carbonyl (C=O) groups excluding carboxylic acids is 1. The molecule has 0 aliphatic carbocycles. The van der Waals surface area contributed by atoms with Gasteiger partial charge in [0.1, 0.15) is 0 Å². The van der Waals surface area contributed by atoms with Crippen LogP contribution in [0.5, 0.6) is 0 Å². The van der Waals surface area contributed by atoms with Crippen LogP contribution in [0.3, 0.4) is 0 Å². The topological polar surface area (TPSA) is 102 Å². The average molecular weight is 251 g/mol. The summed E-state index contributed by atoms with van der Waals surface area (Å²) in [7, 11) is -2.71. The van der Waals surface area contributed by atoms with E-state index in [1.807, 2.05) is 4.72 Å². The van der Waals surface area contributed by atoms with Gasteiger partial charge < -0.3 is 10.5 Å². The van der Waals surface area contributed by atoms with Gasteiger partial charge in [0.15, 0.2) is 0 Å². The Kier molecular flexibility index (Phi) is 4.51. The van der Waals surface area contributed by atoms with Crippen LogP contribution in [0.25, 0.3) is 0 Å². The van der Waals surface area contributed by atoms with Crippen LogP contribution in [0.15, 0.2) is 0 Å². The van der Waals surface area contributed by atoms with Crippen molar-refractivity contribution in [3.8, 4) is 0 Å². The molecule has 1 aliphatic rings. The molecule has 7 nitrogen and oxygen atoms in total. The largest absolute Gasteiger partial charge is 0.452 e. The zero-order chi connectivity index (χ0) is 12.2. The molecule has 0 saturated carbocycles. The molecule has 8 heteroatoms. The number of piperidine rings is 1. The molecule has 1 fully saturated rings. The summed E-state index contributed by atoms with van der Waals surface area (Å²) in [4.78, 5) is 10.9. The molecule has 94 valence electrons. The number of amides is 1. The third-order valence-corrected chi connectivity index (χ3v) is 4.07. The SMILES string of the molecule is COC(=O)NS(=O)(=O)N1CCCCC1CN. The number of hydrogen-bond donors (Lipinski definition) is 2. The molecular formula is C8H17N3O4S. The van der Waals surface area contributed by atoms with E-state index in [4.69, 9.17) is 5.73 Å². The highest BCUT2D eigenvalue weighted by molar-refractivity contribution is 7.87. The highest BCUT2D eigenvalue weighted by Crippen LogP contribution is 2.18. The second kappa shape index (κ2) is 5.46. The van der Waals surface area contributed by atoms with Gasteiger partial charge in [-0.05, 0) is 12.8 Å². The van der Waals surface area contributed by atoms with Gasteiger partial charge in [-0.15, -0.1) is 0 Å². The number of nitrogens with two attached hydrogens (primary N) is 1. The van der Waals surface area contributed by atoms with E-state index in [1.54, 1.807) is 0 Å². The van der Waals surface area contributed by atoms with Gasteiger partial charge in [0.25, 0.3) is 0 Å². The van der Waals surface area contributed by atoms with Crippen LogP contribution >= 0.6 is 0 Å². The molecule has 1 unspecified atom stereocenters. The first-order valence-electron chi connectivity index (χ1n) is 5.09. The van der Waals surface area contributed by atoms with Crippen molar-refractivity contribution in [3.63, 3.8) is 0 Å². The quantitative estimate of drug-likeness (QED) is 0.697. The van der Waals surface area contributed by atoms with Crippen LogP contribution in [0, 0.1) is 0 Å². The molecule has 3 N–H and O–H groups in total. The first kappa shape index (κ1) is 13.2. The maximum Gasteiger partial charge on any atom is 0.421 e. The Morgan fingerprint density at radius 2 is 2.25 bits per heavy atom. The van der Waals surface area contributed by atoms with E-state index in [0.29, 0.717) is 6.54 Å². The monoisotopic (exact) mass is 251 g/mol. The second-order valence-electron chi connectivity index (χ2n) is 3.59. The Hall–Kier alpha value is -0.860. The van der Waals surface area contributed by atoms with Crippen molar-refractivity contribution in [2.45, 2.75) is 25.3 Å². The minimum Gasteiger partial charge on any atom is -0.452 e. The lowest BCUT2D eigenvalue weighted by atomic mass is 10.1. The molecule has 16 heavy (non-hydrogen) atoms. The lowest BCUT2D eigenvalue weighted by Crippen LogP contribution is -2.52. The third-order valence-electron chi connectivity index (χ3n) is 2.55. The molecule has 1 aliphatic heterocycles. The summed E-state index contributed by atoms with van der Waals surface area (Å²) in [5.74, 6) is 0. The fourth-order valence-corrected chi connectivity index (χ4v) is 3.10. The van der Waals surface area contributed by atoms with Crippen LogP contribution < -0.4 is 10.5 Å². The first-order chi connectivity index (χ1) is 7.51. The van der Waals surface area contributed by atoms with Gasteiger partial charge in [-0.1, -0.05) is 6.42 Å². The van der Waals surface area contributed by atoms with Gasteiger partial charge in [-0.3, -0.25) is 0 Å². The number of nitrogens with zero attached hydrogens (tertiary/aromatic N) is 1. The zero-order valence-corrected chi connectivity index (χ0v) is 10.00. The van der Waals surface area contributed by atoms with Crippen molar-refractivity contribution in [1.82, 2.24) is 9.03 Å². The van der Waals surface area contributed by atoms with E-state index in [2.05, 4.69) is 4.74 Å². The molecule has 1 heterocycles. The number of ether oxygens (including phenoxy) is 1. The molecule has 0 spiro atoms. The maximum atomic E-state index is 11.8. The van der Waals surface area contributed by atoms with Crippen molar-refractivity contribution >= 4 is 16.3 Å². The van der Waals surface area contributed by atoms with Gasteiger partial charge in [0.2, 0.25) is 0 Å². The van der Waals surface area contributed by atoms with Crippen LogP contribution in [-0.2, 0) is 14.9 Å². The molecule has 0 aromatic carbocycles. The Morgan fingerprint density at radius 1 is 1.56 bits per heavy atom. The molecule has 0 aromatic rings. The van der Waals surface area contributed by atoms with E-state index >= 15 is 0 Å². The number of rotatable bonds is 3. The maximum absolute atomic E-state index is 11.8. The van der Waals surface area contributed by atoms with Crippen molar-refractivity contribution in [2.24, 2.45) is 5.73 Å². The summed E-state index contributed by atoms with van der Waals surface area (Å²) in [5, 5.41) is 0. The molecule has 0 bridgehead atoms. The molecule has 1 saturated heterocycles. The van der Waals surface area contributed by atoms with Crippen LogP contribution in [-0.4, -0.2) is 45.1 Å². The van der Waals surface area contributed by atoms with E-state index < -0.39 is 16.3 Å². The van der Waals surface area contributed by atoms with Gasteiger partial charge in [0.05, 0.1) is 7.11 Å². The first-order valence-corrected chi connectivity index (χ1v) is 6.53. The average Bonchev–Trinajstić information content (AvgIpc) is 2.28. The summed E-state index contributed by atoms with van der Waals surface area (Å²) in [5.41, 5.74) is 5.50. The predicted octanol–water partition coefficient (Wildman–Crippen LogP) is -0.600. The van der Waals surface area contributed by atoms with Gasteiger partial charge in [-0.25, -0.2) is 9.52 Å². The fraction of sp³-hybridized carbons (Fsp3) is 0.875. The Labute approximate surface area is 95.1 Å². The Morgan fingerprint density at radius 3 is 2.81 bits per heavy atom. The number of methoxy groups -OCH3 is 1. The third kappa shape index (κ3) is 3.06. The molecule has 1 atom stereocenters. The van der Waals surface area contributed by atoms with E-state index in [9.17, 15) is 13.2 Å². The zero-order valence-electron chi connectivity index (χ0n) is 9.18. The second-order valence-corrected chi connectivity index (χ2v) is 5.22. The minimum atomic E-state index is -3.83. The van der Waals surface area contributed by atoms with Gasteiger partial charge in [0, 0.05) is 19.1 Å². The predicted molar refractivity (Wildman–Crippen MR) is 57.9 cm³/mol. The summed E-state index contributed by atoms with van der Waals surface area (Å²) >= 11 is 0. The van der Waals surface area contributed by atoms with Crippen molar-refractivity contribution in [2.75, 3.05) is 20.2 Å². The number of nitrogens with one attached hydrogen (secondary N) is 1. The highest BCUT2D eigenvalue weighted by Gasteiger charge is 2.32. The molecule has 1 amide bonds. The van der Waals surface area contributed by atoms with E-state index in [0.717, 1.165) is 26.4 Å². The van der Waals surface area contributed by atoms with Crippen LogP contribution in [0.2, 0.25) is 0 Å². The van der Waals surface area contributed by atoms with Crippen molar-refractivity contribution in [3.05, 3.63) is 0 Å². The van der Waals surface area contributed by atoms with Crippen molar-refractivity contribution in [1.29, 1.82) is 0 Å². The Bertz CT molecular complexity index is 343. The van der Waals surface area contributed by atoms with Gasteiger partial charge >= 0.3 is 16.3 Å². The standard InChI is InChI=1S/C8H17N3O4S/c1-15-8(12)10-16(13,14)11-5-3-2-4-7(11)6-9/h7H,2-6,9H2,1H3,(H,10,12). The molecule has 1 rings (SSSR count). The minimum absolute atomic E-state index is 0.240. The molecule has 0 aromatic heterocycles. The van der Waals surface area contributed by atoms with Crippen LogP contribution in [0.1, 0.15) is 19.3 Å². The Balaban J connectivity index is 2.76. The number of hydrogen-bond acceptors (Lipinski definition) is 5. The summed E-state index contributed by atoms with van der Waals surface area (Å²) < 4.78 is 30.9. The smallest absolute Gasteiger partial charge is 0.421 e. The highest BCUT2D eigenvalue weighted by atomic mass is 32.2. The summed E-state index contributed by atoms with van der Waals surface area (Å²) in [6.07, 6.45) is 1.46. The number of carbonyl (C=O) groups is 1. The van der Waals surface area contributed by atoms with E-state index in [1.165, 1.54) is 4.31 Å². The molecule has 0 radical (unpaired) electrons. The van der Waals surface area contributed by atoms with Crippen LogP contribution in [0.4, 0.5) is 4.79 Å². The van der Waals surface area contributed by atoms with Crippen molar-refractivity contribution < 1.29 is 17.9 Å². The normalized spacial score (nSPS) is 22.8. The summed E-state index contributed by atoms with van der Waals surface area (Å²) in [6, 6.07) is -0.240. The fourth-order valence-electron chi connectivity index (χ4n) is 1.73. The lowest BCUT2D eigenvalue weighted by molar-refractivity contribution is 0.175. The molecular weight excluding hydrogens is 234 g/mol. The van der Waals surface area contributed by atoms with Gasteiger partial charge in [-0.2, -0.15) is 12.7 Å². The van der Waals surface area contributed by atoms with E-state index in [-0.39, 0.29) is 12.6 Å².